The number of carbonyl (C=O) groups is 2. The van der Waals surface area contributed by atoms with Crippen molar-refractivity contribution in [1.29, 1.82) is 5.41 Å². The topological polar surface area (TPSA) is 102 Å². The lowest BCUT2D eigenvalue weighted by Gasteiger charge is -2.45. The molecule has 0 spiro atoms. The standard InChI is InChI=1S/C32H39N5O3/c1-23(2)32(39)37-24(3)20-36(21-28-9-5-4-8-27(28)19-34-16-7-15-33)22-29(37)31(38)35-18-25-11-13-26(14-12-25)30-10-6-17-40-30/h4-17,23-24,29,33-34H,18-22H2,1-3H3,(H,35,38)/b16-7-,33-15?. The Hall–Kier alpha value is -4.17. The zero-order valence-electron chi connectivity index (χ0n) is 23.5. The van der Waals surface area contributed by atoms with E-state index in [1.807, 2.05) is 69.3 Å². The number of furan rings is 1. The van der Waals surface area contributed by atoms with Gasteiger partial charge in [-0.15, -0.1) is 0 Å². The highest BCUT2D eigenvalue weighted by atomic mass is 16.3. The zero-order chi connectivity index (χ0) is 28.5. The lowest BCUT2D eigenvalue weighted by Crippen LogP contribution is -2.64. The second-order valence-electron chi connectivity index (χ2n) is 10.5. The fourth-order valence-electron chi connectivity index (χ4n) is 5.13. The van der Waals surface area contributed by atoms with Gasteiger partial charge in [0.25, 0.3) is 0 Å². The normalized spacial score (nSPS) is 17.8. The van der Waals surface area contributed by atoms with Gasteiger partial charge < -0.3 is 25.4 Å². The van der Waals surface area contributed by atoms with Crippen LogP contribution in [0.1, 0.15) is 37.5 Å². The predicted molar refractivity (Wildman–Crippen MR) is 157 cm³/mol. The van der Waals surface area contributed by atoms with Crippen LogP contribution in [-0.4, -0.2) is 53.0 Å². The highest BCUT2D eigenvalue weighted by Crippen LogP contribution is 2.23. The Kier molecular flexibility index (Phi) is 9.91. The highest BCUT2D eigenvalue weighted by molar-refractivity contribution is 5.89. The Morgan fingerprint density at radius 3 is 2.45 bits per heavy atom. The molecule has 2 amide bonds. The Labute approximate surface area is 236 Å². The first-order valence-electron chi connectivity index (χ1n) is 13.8. The van der Waals surface area contributed by atoms with Gasteiger partial charge in [-0.25, -0.2) is 0 Å². The van der Waals surface area contributed by atoms with E-state index in [0.717, 1.165) is 22.5 Å². The number of hydrogen-bond acceptors (Lipinski definition) is 6. The second-order valence-corrected chi connectivity index (χ2v) is 10.5. The van der Waals surface area contributed by atoms with Gasteiger partial charge in [-0.3, -0.25) is 14.5 Å². The van der Waals surface area contributed by atoms with Gasteiger partial charge in [0.1, 0.15) is 11.8 Å². The molecule has 8 nitrogen and oxygen atoms in total. The minimum absolute atomic E-state index is 0.00214. The van der Waals surface area contributed by atoms with Crippen LogP contribution in [0.5, 0.6) is 0 Å². The summed E-state index contributed by atoms with van der Waals surface area (Å²) in [7, 11) is 0. The minimum atomic E-state index is -0.582. The smallest absolute Gasteiger partial charge is 0.244 e. The van der Waals surface area contributed by atoms with Crippen molar-refractivity contribution in [2.75, 3.05) is 13.1 Å². The molecule has 1 saturated heterocycles. The summed E-state index contributed by atoms with van der Waals surface area (Å²) in [5.74, 6) is 0.458. The molecule has 2 aromatic carbocycles. The van der Waals surface area contributed by atoms with E-state index < -0.39 is 6.04 Å². The summed E-state index contributed by atoms with van der Waals surface area (Å²) >= 11 is 0. The molecule has 2 heterocycles. The Morgan fingerprint density at radius 1 is 1.02 bits per heavy atom. The molecule has 1 fully saturated rings. The summed E-state index contributed by atoms with van der Waals surface area (Å²) < 4.78 is 5.46. The largest absolute Gasteiger partial charge is 0.464 e. The molecule has 8 heteroatoms. The summed E-state index contributed by atoms with van der Waals surface area (Å²) in [6.45, 7) is 8.63. The molecule has 210 valence electrons. The summed E-state index contributed by atoms with van der Waals surface area (Å²) in [5, 5.41) is 13.4. The first-order chi connectivity index (χ1) is 19.4. The van der Waals surface area contributed by atoms with Gasteiger partial charge in [0.15, 0.2) is 0 Å². The van der Waals surface area contributed by atoms with Crippen LogP contribution in [0.15, 0.2) is 83.6 Å². The maximum absolute atomic E-state index is 13.6. The minimum Gasteiger partial charge on any atom is -0.464 e. The maximum Gasteiger partial charge on any atom is 0.244 e. The van der Waals surface area contributed by atoms with Crippen molar-refractivity contribution >= 4 is 18.0 Å². The molecule has 1 aliphatic rings. The molecular weight excluding hydrogens is 502 g/mol. The number of allylic oxidation sites excluding steroid dienone is 1. The molecule has 3 N–H and O–H groups in total. The molecule has 1 aliphatic heterocycles. The van der Waals surface area contributed by atoms with Crippen molar-refractivity contribution in [2.24, 2.45) is 5.92 Å². The quantitative estimate of drug-likeness (QED) is 0.309. The van der Waals surface area contributed by atoms with Crippen molar-refractivity contribution in [2.45, 2.75) is 52.5 Å². The van der Waals surface area contributed by atoms with Crippen LogP contribution in [0.4, 0.5) is 0 Å². The van der Waals surface area contributed by atoms with E-state index in [9.17, 15) is 9.59 Å². The third kappa shape index (κ3) is 7.27. The fourth-order valence-corrected chi connectivity index (χ4v) is 5.13. The maximum atomic E-state index is 13.6. The molecule has 40 heavy (non-hydrogen) atoms. The van der Waals surface area contributed by atoms with E-state index >= 15 is 0 Å². The summed E-state index contributed by atoms with van der Waals surface area (Å²) in [6.07, 6.45) is 6.29. The molecule has 0 bridgehead atoms. The molecule has 4 rings (SSSR count). The van der Waals surface area contributed by atoms with Crippen LogP contribution in [-0.2, 0) is 29.2 Å². The van der Waals surface area contributed by atoms with E-state index in [1.165, 1.54) is 11.8 Å². The summed E-state index contributed by atoms with van der Waals surface area (Å²) in [6, 6.07) is 19.2. The first-order valence-corrected chi connectivity index (χ1v) is 13.8. The van der Waals surface area contributed by atoms with Crippen LogP contribution in [0, 0.1) is 11.3 Å². The van der Waals surface area contributed by atoms with Crippen molar-refractivity contribution in [3.05, 3.63) is 95.9 Å². The van der Waals surface area contributed by atoms with E-state index in [4.69, 9.17) is 9.83 Å². The van der Waals surface area contributed by atoms with Crippen LogP contribution >= 0.6 is 0 Å². The van der Waals surface area contributed by atoms with Gasteiger partial charge in [-0.1, -0.05) is 62.4 Å². The monoisotopic (exact) mass is 541 g/mol. The van der Waals surface area contributed by atoms with E-state index in [0.29, 0.717) is 32.7 Å². The lowest BCUT2D eigenvalue weighted by atomic mass is 10.0. The Morgan fingerprint density at radius 2 is 1.77 bits per heavy atom. The SMILES string of the molecule is CC(C)C(=O)N1C(C)CN(Cc2ccccc2CN/C=C\C=N)CC1C(=O)NCc1ccc(-c2ccco2)cc1. The zero-order valence-corrected chi connectivity index (χ0v) is 23.5. The first kappa shape index (κ1) is 28.8. The van der Waals surface area contributed by atoms with Crippen molar-refractivity contribution < 1.29 is 14.0 Å². The van der Waals surface area contributed by atoms with Crippen molar-refractivity contribution in [3.8, 4) is 11.3 Å². The van der Waals surface area contributed by atoms with Crippen LogP contribution < -0.4 is 10.6 Å². The number of nitrogens with zero attached hydrogens (tertiary/aromatic N) is 2. The predicted octanol–water partition coefficient (Wildman–Crippen LogP) is 4.57. The molecule has 0 radical (unpaired) electrons. The Balaban J connectivity index is 1.46. The average molecular weight is 542 g/mol. The number of benzene rings is 2. The highest BCUT2D eigenvalue weighted by Gasteiger charge is 2.40. The Bertz CT molecular complexity index is 1300. The molecule has 2 unspecified atom stereocenters. The third-order valence-corrected chi connectivity index (χ3v) is 7.16. The van der Waals surface area contributed by atoms with Gasteiger partial charge >= 0.3 is 0 Å². The van der Waals surface area contributed by atoms with Crippen molar-refractivity contribution in [1.82, 2.24) is 20.4 Å². The van der Waals surface area contributed by atoms with Gasteiger partial charge in [0.05, 0.1) is 6.26 Å². The number of nitrogens with one attached hydrogen (secondary N) is 3. The average Bonchev–Trinajstić information content (AvgIpc) is 3.50. The number of carbonyl (C=O) groups excluding carboxylic acids is 2. The molecule has 0 aliphatic carbocycles. The summed E-state index contributed by atoms with van der Waals surface area (Å²) in [5.41, 5.74) is 4.28. The molecule has 3 aromatic rings. The van der Waals surface area contributed by atoms with Gasteiger partial charge in [0, 0.05) is 56.5 Å². The van der Waals surface area contributed by atoms with Crippen molar-refractivity contribution in [3.63, 3.8) is 0 Å². The fraction of sp³-hybridized carbons (Fsp3) is 0.344. The second kappa shape index (κ2) is 13.8. The van der Waals surface area contributed by atoms with E-state index in [-0.39, 0.29) is 23.8 Å². The van der Waals surface area contributed by atoms with Crippen LogP contribution in [0.25, 0.3) is 11.3 Å². The van der Waals surface area contributed by atoms with Gasteiger partial charge in [0.2, 0.25) is 11.8 Å². The number of piperazine rings is 1. The van der Waals surface area contributed by atoms with Gasteiger partial charge in [-0.2, -0.15) is 0 Å². The third-order valence-electron chi connectivity index (χ3n) is 7.16. The summed E-state index contributed by atoms with van der Waals surface area (Å²) in [4.78, 5) is 30.9. The number of amides is 2. The van der Waals surface area contributed by atoms with E-state index in [1.54, 1.807) is 23.4 Å². The molecular formula is C32H39N5O3. The van der Waals surface area contributed by atoms with Crippen LogP contribution in [0.2, 0.25) is 0 Å². The molecule has 1 aromatic heterocycles. The number of hydrogen-bond donors (Lipinski definition) is 3. The van der Waals surface area contributed by atoms with E-state index in [2.05, 4.69) is 27.7 Å². The molecule has 0 saturated carbocycles. The lowest BCUT2D eigenvalue weighted by molar-refractivity contribution is -0.150. The van der Waals surface area contributed by atoms with Crippen LogP contribution in [0.3, 0.4) is 0 Å². The van der Waals surface area contributed by atoms with Gasteiger partial charge in [-0.05, 0) is 48.0 Å². The molecule has 2 atom stereocenters. The number of rotatable bonds is 11.